The van der Waals surface area contributed by atoms with Gasteiger partial charge in [-0.1, -0.05) is 91.3 Å². The van der Waals surface area contributed by atoms with Gasteiger partial charge in [-0.2, -0.15) is 0 Å². The largest absolute Gasteiger partial charge is 0.354 e. The Balaban J connectivity index is 2.03. The number of anilines is 1. The van der Waals surface area contributed by atoms with Crippen molar-refractivity contribution < 1.29 is 18.0 Å². The van der Waals surface area contributed by atoms with Gasteiger partial charge in [0.1, 0.15) is 12.6 Å². The number of hydrogen-bond acceptors (Lipinski definition) is 4. The molecule has 0 aliphatic rings. The zero-order valence-corrected chi connectivity index (χ0v) is 25.9. The molecule has 7 nitrogen and oxygen atoms in total. The third kappa shape index (κ3) is 8.93. The summed E-state index contributed by atoms with van der Waals surface area (Å²) in [5.41, 5.74) is 3.18. The van der Waals surface area contributed by atoms with Gasteiger partial charge in [-0.25, -0.2) is 8.42 Å². The van der Waals surface area contributed by atoms with Crippen LogP contribution in [0.15, 0.2) is 83.3 Å². The summed E-state index contributed by atoms with van der Waals surface area (Å²) in [4.78, 5) is 29.1. The van der Waals surface area contributed by atoms with E-state index in [1.807, 2.05) is 73.7 Å². The molecule has 3 rings (SSSR count). The second-order valence-electron chi connectivity index (χ2n) is 10.2. The Morgan fingerprint density at radius 3 is 2.15 bits per heavy atom. The Hall–Kier alpha value is -3.17. The number of nitrogens with zero attached hydrogens (tertiary/aromatic N) is 2. The summed E-state index contributed by atoms with van der Waals surface area (Å²) in [6, 6.07) is 23.4. The predicted octanol–water partition coefficient (Wildman–Crippen LogP) is 5.50. The van der Waals surface area contributed by atoms with Crippen LogP contribution in [0.2, 0.25) is 0 Å². The molecule has 9 heteroatoms. The van der Waals surface area contributed by atoms with Gasteiger partial charge >= 0.3 is 0 Å². The van der Waals surface area contributed by atoms with E-state index in [4.69, 9.17) is 0 Å². The van der Waals surface area contributed by atoms with E-state index in [9.17, 15) is 18.0 Å². The van der Waals surface area contributed by atoms with Crippen LogP contribution in [0.1, 0.15) is 49.8 Å². The Kier molecular flexibility index (Phi) is 11.3. The van der Waals surface area contributed by atoms with Gasteiger partial charge in [0.05, 0.1) is 11.9 Å². The number of hydrogen-bond donors (Lipinski definition) is 1. The summed E-state index contributed by atoms with van der Waals surface area (Å²) in [5, 5.41) is 2.94. The van der Waals surface area contributed by atoms with Crippen LogP contribution in [-0.4, -0.2) is 50.5 Å². The van der Waals surface area contributed by atoms with E-state index in [1.165, 1.54) is 4.90 Å². The topological polar surface area (TPSA) is 86.8 Å². The molecule has 0 fully saturated rings. The first-order valence-corrected chi connectivity index (χ1v) is 16.1. The zero-order valence-electron chi connectivity index (χ0n) is 23.5. The van der Waals surface area contributed by atoms with Crippen LogP contribution >= 0.6 is 15.9 Å². The van der Waals surface area contributed by atoms with Crippen LogP contribution in [0.5, 0.6) is 0 Å². The van der Waals surface area contributed by atoms with Gasteiger partial charge in [-0.15, -0.1) is 0 Å². The molecule has 3 aromatic rings. The van der Waals surface area contributed by atoms with E-state index in [0.29, 0.717) is 12.2 Å². The quantitative estimate of drug-likeness (QED) is 0.271. The summed E-state index contributed by atoms with van der Waals surface area (Å²) in [5.74, 6) is -0.462. The monoisotopic (exact) mass is 627 g/mol. The SMILES string of the molecule is CCCNC(=O)[C@@H](Cc1ccccc1)N(Cc1cccc(Br)c1)C(=O)CN(c1ccc(C(C)C)cc1)S(C)(=O)=O. The van der Waals surface area contributed by atoms with Gasteiger partial charge in [-0.3, -0.25) is 13.9 Å². The Labute approximate surface area is 246 Å². The summed E-state index contributed by atoms with van der Waals surface area (Å²) in [6.07, 6.45) is 2.13. The first-order chi connectivity index (χ1) is 19.0. The molecule has 2 amide bonds. The van der Waals surface area contributed by atoms with E-state index in [-0.39, 0.29) is 24.8 Å². The van der Waals surface area contributed by atoms with Crippen molar-refractivity contribution in [3.63, 3.8) is 0 Å². The van der Waals surface area contributed by atoms with Crippen LogP contribution in [0.3, 0.4) is 0 Å². The highest BCUT2D eigenvalue weighted by Gasteiger charge is 2.33. The average molecular weight is 629 g/mol. The molecule has 0 aliphatic heterocycles. The lowest BCUT2D eigenvalue weighted by atomic mass is 10.0. The minimum absolute atomic E-state index is 0.138. The number of amides is 2. The molecule has 1 N–H and O–H groups in total. The maximum atomic E-state index is 14.1. The smallest absolute Gasteiger partial charge is 0.244 e. The lowest BCUT2D eigenvalue weighted by molar-refractivity contribution is -0.140. The Morgan fingerprint density at radius 1 is 0.925 bits per heavy atom. The molecule has 0 unspecified atom stereocenters. The van der Waals surface area contributed by atoms with Gasteiger partial charge in [0.2, 0.25) is 21.8 Å². The zero-order chi connectivity index (χ0) is 29.3. The lowest BCUT2D eigenvalue weighted by Crippen LogP contribution is -2.53. The van der Waals surface area contributed by atoms with Crippen molar-refractivity contribution in [2.45, 2.75) is 52.1 Å². The summed E-state index contributed by atoms with van der Waals surface area (Å²) >= 11 is 3.49. The molecule has 0 saturated carbocycles. The Morgan fingerprint density at radius 2 is 1.57 bits per heavy atom. The maximum absolute atomic E-state index is 14.1. The fraction of sp³-hybridized carbons (Fsp3) is 0.355. The molecule has 0 saturated heterocycles. The van der Waals surface area contributed by atoms with Gasteiger partial charge in [0, 0.05) is 24.0 Å². The molecule has 3 aromatic carbocycles. The van der Waals surface area contributed by atoms with Crippen LogP contribution in [0, 0.1) is 0 Å². The van der Waals surface area contributed by atoms with Crippen LogP contribution in [0.4, 0.5) is 5.69 Å². The molecule has 1 atom stereocenters. The van der Waals surface area contributed by atoms with Crippen molar-refractivity contribution in [1.82, 2.24) is 10.2 Å². The van der Waals surface area contributed by atoms with Crippen molar-refractivity contribution in [2.24, 2.45) is 0 Å². The number of rotatable bonds is 13. The van der Waals surface area contributed by atoms with Crippen LogP contribution in [0.25, 0.3) is 0 Å². The van der Waals surface area contributed by atoms with E-state index >= 15 is 0 Å². The Bertz CT molecular complexity index is 1380. The van der Waals surface area contributed by atoms with Crippen LogP contribution in [-0.2, 0) is 32.6 Å². The standard InChI is InChI=1S/C31H38BrN3O4S/c1-5-18-33-31(37)29(20-24-10-7-6-8-11-24)34(21-25-12-9-13-27(32)19-25)30(36)22-35(40(4,38)39)28-16-14-26(15-17-28)23(2)3/h6-17,19,23,29H,5,18,20-22H2,1-4H3,(H,33,37)/t29-/m1/s1. The fourth-order valence-corrected chi connectivity index (χ4v) is 5.69. The molecule has 0 bridgehead atoms. The highest BCUT2D eigenvalue weighted by molar-refractivity contribution is 9.10. The second-order valence-corrected chi connectivity index (χ2v) is 13.0. The summed E-state index contributed by atoms with van der Waals surface area (Å²) in [7, 11) is -3.80. The minimum Gasteiger partial charge on any atom is -0.354 e. The highest BCUT2D eigenvalue weighted by atomic mass is 79.9. The predicted molar refractivity (Wildman–Crippen MR) is 165 cm³/mol. The van der Waals surface area contributed by atoms with Crippen molar-refractivity contribution in [3.8, 4) is 0 Å². The van der Waals surface area contributed by atoms with Crippen molar-refractivity contribution in [2.75, 3.05) is 23.7 Å². The molecule has 0 spiro atoms. The first kappa shape index (κ1) is 31.4. The number of benzene rings is 3. The number of halogens is 1. The van der Waals surface area contributed by atoms with Crippen LogP contribution < -0.4 is 9.62 Å². The third-order valence-corrected chi connectivity index (χ3v) is 8.22. The van der Waals surface area contributed by atoms with Crippen molar-refractivity contribution >= 4 is 43.5 Å². The molecule has 0 aromatic heterocycles. The molecular formula is C31H38BrN3O4S. The molecule has 0 aliphatic carbocycles. The van der Waals surface area contributed by atoms with Gasteiger partial charge < -0.3 is 10.2 Å². The second kappa shape index (κ2) is 14.5. The number of sulfonamides is 1. The number of carbonyl (C=O) groups excluding carboxylic acids is 2. The van der Waals surface area contributed by atoms with E-state index in [0.717, 1.165) is 38.1 Å². The van der Waals surface area contributed by atoms with Gasteiger partial charge in [0.25, 0.3) is 0 Å². The maximum Gasteiger partial charge on any atom is 0.244 e. The number of carbonyl (C=O) groups is 2. The van der Waals surface area contributed by atoms with Gasteiger partial charge in [0.15, 0.2) is 0 Å². The highest BCUT2D eigenvalue weighted by Crippen LogP contribution is 2.24. The first-order valence-electron chi connectivity index (χ1n) is 13.4. The average Bonchev–Trinajstić information content (AvgIpc) is 2.92. The third-order valence-electron chi connectivity index (χ3n) is 6.59. The lowest BCUT2D eigenvalue weighted by Gasteiger charge is -2.33. The molecule has 0 heterocycles. The molecular weight excluding hydrogens is 590 g/mol. The molecule has 0 radical (unpaired) electrons. The number of nitrogens with one attached hydrogen (secondary N) is 1. The fourth-order valence-electron chi connectivity index (χ4n) is 4.39. The summed E-state index contributed by atoms with van der Waals surface area (Å²) < 4.78 is 27.8. The van der Waals surface area contributed by atoms with Crippen molar-refractivity contribution in [3.05, 3.63) is 100 Å². The molecule has 214 valence electrons. The van der Waals surface area contributed by atoms with E-state index in [2.05, 4.69) is 35.1 Å². The van der Waals surface area contributed by atoms with Gasteiger partial charge in [-0.05, 0) is 53.3 Å². The van der Waals surface area contributed by atoms with Crippen molar-refractivity contribution in [1.29, 1.82) is 0 Å². The normalized spacial score (nSPS) is 12.2. The van der Waals surface area contributed by atoms with E-state index in [1.54, 1.807) is 12.1 Å². The minimum atomic E-state index is -3.80. The summed E-state index contributed by atoms with van der Waals surface area (Å²) in [6.45, 7) is 6.26. The van der Waals surface area contributed by atoms with E-state index < -0.39 is 28.5 Å². The molecule has 40 heavy (non-hydrogen) atoms.